The molecule has 1 aromatic carbocycles. The van der Waals surface area contributed by atoms with Crippen LogP contribution in [0.5, 0.6) is 5.75 Å². The highest BCUT2D eigenvalue weighted by molar-refractivity contribution is 5.83. The molecule has 0 fully saturated rings. The Morgan fingerprint density at radius 3 is 2.59 bits per heavy atom. The van der Waals surface area contributed by atoms with E-state index in [-0.39, 0.29) is 5.75 Å². The summed E-state index contributed by atoms with van der Waals surface area (Å²) in [5, 5.41) is 9.91. The van der Waals surface area contributed by atoms with E-state index in [2.05, 4.69) is 13.2 Å². The number of benzene rings is 1. The van der Waals surface area contributed by atoms with Gasteiger partial charge in [0.05, 0.1) is 0 Å². The van der Waals surface area contributed by atoms with Gasteiger partial charge in [-0.25, -0.2) is 0 Å². The predicted octanol–water partition coefficient (Wildman–Crippen LogP) is 4.40. The maximum Gasteiger partial charge on any atom is 0.123 e. The van der Waals surface area contributed by atoms with Crippen LogP contribution in [0.1, 0.15) is 18.1 Å². The first-order valence-corrected chi connectivity index (χ1v) is 5.54. The highest BCUT2D eigenvalue weighted by atomic mass is 16.3. The van der Waals surface area contributed by atoms with Gasteiger partial charge in [0.25, 0.3) is 0 Å². The fourth-order valence-electron chi connectivity index (χ4n) is 1.62. The lowest BCUT2D eigenvalue weighted by Crippen LogP contribution is -1.88. The fraction of sp³-hybridized carbons (Fsp3) is 0.125. The Morgan fingerprint density at radius 1 is 1.35 bits per heavy atom. The van der Waals surface area contributed by atoms with Gasteiger partial charge in [-0.05, 0) is 36.6 Å². The van der Waals surface area contributed by atoms with Crippen LogP contribution >= 0.6 is 0 Å². The molecular weight excluding hydrogens is 208 g/mol. The molecule has 1 rings (SSSR count). The Labute approximate surface area is 103 Å². The zero-order chi connectivity index (χ0) is 12.8. The highest BCUT2D eigenvalue weighted by Gasteiger charge is 2.07. The second-order valence-corrected chi connectivity index (χ2v) is 3.86. The molecule has 1 heteroatoms. The number of aryl methyl sites for hydroxylation is 1. The number of allylic oxidation sites excluding steroid dienone is 6. The summed E-state index contributed by atoms with van der Waals surface area (Å²) in [4.78, 5) is 0. The number of phenolic OH excluding ortho intramolecular Hbond substituents is 1. The third-order valence-corrected chi connectivity index (χ3v) is 2.47. The maximum absolute atomic E-state index is 9.91. The van der Waals surface area contributed by atoms with Crippen LogP contribution in [-0.4, -0.2) is 5.11 Å². The molecule has 0 spiro atoms. The molecule has 88 valence electrons. The Balaban J connectivity index is 3.19. The Morgan fingerprint density at radius 2 is 2.06 bits per heavy atom. The third-order valence-electron chi connectivity index (χ3n) is 2.47. The largest absolute Gasteiger partial charge is 0.507 e. The first-order chi connectivity index (χ1) is 8.10. The van der Waals surface area contributed by atoms with Crippen LogP contribution in [0.3, 0.4) is 0 Å². The molecule has 1 nitrogen and oxygen atoms in total. The van der Waals surface area contributed by atoms with Gasteiger partial charge in [0.15, 0.2) is 0 Å². The standard InChI is InChI=1S/C16H18O/c1-5-7-14(8-6-2)13(4)15-10-9-12(3)11-16(15)17/h5-11,17H,1,4H2,2-3H3/b8-6-,14-7+. The number of hydrogen-bond donors (Lipinski definition) is 1. The lowest BCUT2D eigenvalue weighted by atomic mass is 9.97. The molecule has 0 atom stereocenters. The minimum Gasteiger partial charge on any atom is -0.507 e. The van der Waals surface area contributed by atoms with Crippen molar-refractivity contribution in [1.82, 2.24) is 0 Å². The van der Waals surface area contributed by atoms with Crippen molar-refractivity contribution < 1.29 is 5.11 Å². The fourth-order valence-corrected chi connectivity index (χ4v) is 1.62. The molecule has 0 unspecified atom stereocenters. The van der Waals surface area contributed by atoms with Crippen molar-refractivity contribution in [3.8, 4) is 5.75 Å². The average Bonchev–Trinajstić information content (AvgIpc) is 2.28. The molecule has 0 heterocycles. The number of phenols is 1. The summed E-state index contributed by atoms with van der Waals surface area (Å²) >= 11 is 0. The van der Waals surface area contributed by atoms with Crippen LogP contribution in [-0.2, 0) is 0 Å². The van der Waals surface area contributed by atoms with Crippen molar-refractivity contribution in [1.29, 1.82) is 0 Å². The van der Waals surface area contributed by atoms with Gasteiger partial charge in [-0.1, -0.05) is 49.6 Å². The summed E-state index contributed by atoms with van der Waals surface area (Å²) < 4.78 is 0. The van der Waals surface area contributed by atoms with E-state index >= 15 is 0 Å². The van der Waals surface area contributed by atoms with Crippen LogP contribution in [0.15, 0.2) is 61.2 Å². The van der Waals surface area contributed by atoms with E-state index < -0.39 is 0 Å². The van der Waals surface area contributed by atoms with E-state index in [0.717, 1.165) is 22.3 Å². The smallest absolute Gasteiger partial charge is 0.123 e. The van der Waals surface area contributed by atoms with E-state index in [1.165, 1.54) is 0 Å². The van der Waals surface area contributed by atoms with E-state index in [4.69, 9.17) is 0 Å². The third kappa shape index (κ3) is 3.22. The van der Waals surface area contributed by atoms with Gasteiger partial charge in [-0.3, -0.25) is 0 Å². The molecule has 0 bridgehead atoms. The lowest BCUT2D eigenvalue weighted by molar-refractivity contribution is 0.473. The maximum atomic E-state index is 9.91. The van der Waals surface area contributed by atoms with E-state index in [9.17, 15) is 5.11 Å². The first kappa shape index (κ1) is 13.0. The van der Waals surface area contributed by atoms with Crippen LogP contribution in [0.25, 0.3) is 5.57 Å². The van der Waals surface area contributed by atoms with Gasteiger partial charge in [0.2, 0.25) is 0 Å². The molecule has 0 aliphatic carbocycles. The highest BCUT2D eigenvalue weighted by Crippen LogP contribution is 2.30. The summed E-state index contributed by atoms with van der Waals surface area (Å²) in [7, 11) is 0. The molecule has 0 aromatic heterocycles. The molecule has 1 N–H and O–H groups in total. The monoisotopic (exact) mass is 226 g/mol. The van der Waals surface area contributed by atoms with Crippen molar-refractivity contribution in [2.75, 3.05) is 0 Å². The number of aromatic hydroxyl groups is 1. The molecule has 0 saturated carbocycles. The second-order valence-electron chi connectivity index (χ2n) is 3.86. The van der Waals surface area contributed by atoms with Crippen LogP contribution < -0.4 is 0 Å². The topological polar surface area (TPSA) is 20.2 Å². The minimum absolute atomic E-state index is 0.259. The molecule has 0 aliphatic rings. The van der Waals surface area contributed by atoms with E-state index in [0.29, 0.717) is 0 Å². The van der Waals surface area contributed by atoms with Crippen LogP contribution in [0, 0.1) is 6.92 Å². The van der Waals surface area contributed by atoms with Crippen molar-refractivity contribution in [2.24, 2.45) is 0 Å². The number of rotatable bonds is 4. The predicted molar refractivity (Wildman–Crippen MR) is 75.0 cm³/mol. The van der Waals surface area contributed by atoms with Crippen molar-refractivity contribution in [3.05, 3.63) is 72.4 Å². The zero-order valence-electron chi connectivity index (χ0n) is 10.4. The van der Waals surface area contributed by atoms with Gasteiger partial charge in [-0.2, -0.15) is 0 Å². The summed E-state index contributed by atoms with van der Waals surface area (Å²) in [6.07, 6.45) is 7.47. The second kappa shape index (κ2) is 5.90. The molecule has 0 radical (unpaired) electrons. The van der Waals surface area contributed by atoms with Gasteiger partial charge in [0.1, 0.15) is 5.75 Å². The van der Waals surface area contributed by atoms with Crippen molar-refractivity contribution in [3.63, 3.8) is 0 Å². The number of hydrogen-bond acceptors (Lipinski definition) is 1. The SMILES string of the molecule is C=C/C=C(\C=C/C)C(=C)c1ccc(C)cc1O. The minimum atomic E-state index is 0.259. The van der Waals surface area contributed by atoms with Crippen molar-refractivity contribution in [2.45, 2.75) is 13.8 Å². The molecule has 17 heavy (non-hydrogen) atoms. The molecule has 1 aromatic rings. The Hall–Kier alpha value is -2.02. The zero-order valence-corrected chi connectivity index (χ0v) is 10.4. The van der Waals surface area contributed by atoms with Gasteiger partial charge in [-0.15, -0.1) is 0 Å². The van der Waals surface area contributed by atoms with Gasteiger partial charge < -0.3 is 5.11 Å². The lowest BCUT2D eigenvalue weighted by Gasteiger charge is -2.09. The molecule has 0 aliphatic heterocycles. The van der Waals surface area contributed by atoms with Crippen LogP contribution in [0.4, 0.5) is 0 Å². The summed E-state index contributed by atoms with van der Waals surface area (Å²) in [6, 6.07) is 5.58. The Kier molecular flexibility index (Phi) is 4.53. The quantitative estimate of drug-likeness (QED) is 0.754. The van der Waals surface area contributed by atoms with Gasteiger partial charge >= 0.3 is 0 Å². The van der Waals surface area contributed by atoms with Crippen molar-refractivity contribution >= 4 is 5.57 Å². The summed E-state index contributed by atoms with van der Waals surface area (Å²) in [5.41, 5.74) is 3.52. The summed E-state index contributed by atoms with van der Waals surface area (Å²) in [6.45, 7) is 11.6. The van der Waals surface area contributed by atoms with Crippen LogP contribution in [0.2, 0.25) is 0 Å². The van der Waals surface area contributed by atoms with E-state index in [1.54, 1.807) is 12.1 Å². The average molecular weight is 226 g/mol. The first-order valence-electron chi connectivity index (χ1n) is 5.54. The molecular formula is C16H18O. The molecule has 0 amide bonds. The molecule has 0 saturated heterocycles. The van der Waals surface area contributed by atoms with E-state index in [1.807, 2.05) is 44.2 Å². The summed E-state index contributed by atoms with van der Waals surface area (Å²) in [5.74, 6) is 0.259. The normalized spacial score (nSPS) is 11.8. The Bertz CT molecular complexity index is 490. The van der Waals surface area contributed by atoms with Gasteiger partial charge in [0, 0.05) is 5.56 Å².